The van der Waals surface area contributed by atoms with Crippen LogP contribution in [-0.4, -0.2) is 7.11 Å². The molecule has 2 rings (SSSR count). The van der Waals surface area contributed by atoms with Crippen molar-refractivity contribution in [2.75, 3.05) is 7.11 Å². The van der Waals surface area contributed by atoms with E-state index in [1.54, 1.807) is 7.11 Å². The molecule has 0 aromatic heterocycles. The van der Waals surface area contributed by atoms with Gasteiger partial charge in [-0.25, -0.2) is 0 Å². The molecule has 0 unspecified atom stereocenters. The molecule has 0 aliphatic heterocycles. The van der Waals surface area contributed by atoms with Crippen molar-refractivity contribution >= 4 is 27.5 Å². The average Bonchev–Trinajstić information content (AvgIpc) is 2.30. The summed E-state index contributed by atoms with van der Waals surface area (Å²) in [5, 5.41) is 0.707. The maximum Gasteiger partial charge on any atom is 0.126 e. The van der Waals surface area contributed by atoms with Crippen molar-refractivity contribution in [3.63, 3.8) is 0 Å². The number of methoxy groups -OCH3 is 1. The van der Waals surface area contributed by atoms with E-state index in [4.69, 9.17) is 16.3 Å². The van der Waals surface area contributed by atoms with E-state index in [9.17, 15) is 0 Å². The molecular formula is C13H10BrClO. The van der Waals surface area contributed by atoms with Crippen LogP contribution in [-0.2, 0) is 0 Å². The second-order valence-corrected chi connectivity index (χ2v) is 4.70. The number of hydrogen-bond acceptors (Lipinski definition) is 1. The first-order valence-electron chi connectivity index (χ1n) is 4.80. The maximum atomic E-state index is 5.99. The first-order valence-corrected chi connectivity index (χ1v) is 5.97. The minimum Gasteiger partial charge on any atom is -0.496 e. The Morgan fingerprint density at radius 3 is 2.38 bits per heavy atom. The van der Waals surface area contributed by atoms with Gasteiger partial charge in [0.05, 0.1) is 7.11 Å². The van der Waals surface area contributed by atoms with E-state index in [0.29, 0.717) is 5.02 Å². The Morgan fingerprint density at radius 1 is 1.06 bits per heavy atom. The highest BCUT2D eigenvalue weighted by atomic mass is 79.9. The van der Waals surface area contributed by atoms with Crippen LogP contribution in [0.1, 0.15) is 0 Å². The van der Waals surface area contributed by atoms with Crippen LogP contribution in [0, 0.1) is 0 Å². The predicted octanol–water partition coefficient (Wildman–Crippen LogP) is 4.78. The fraction of sp³-hybridized carbons (Fsp3) is 0.0769. The largest absolute Gasteiger partial charge is 0.496 e. The number of rotatable bonds is 2. The third-order valence-corrected chi connectivity index (χ3v) is 3.08. The molecule has 0 bridgehead atoms. The van der Waals surface area contributed by atoms with Gasteiger partial charge in [-0.3, -0.25) is 0 Å². The lowest BCUT2D eigenvalue weighted by molar-refractivity contribution is 0.416. The maximum absolute atomic E-state index is 5.99. The molecule has 0 heterocycles. The van der Waals surface area contributed by atoms with E-state index in [0.717, 1.165) is 21.3 Å². The smallest absolute Gasteiger partial charge is 0.126 e. The highest BCUT2D eigenvalue weighted by molar-refractivity contribution is 9.10. The highest BCUT2D eigenvalue weighted by Crippen LogP contribution is 2.32. The second kappa shape index (κ2) is 4.89. The topological polar surface area (TPSA) is 9.23 Å². The third-order valence-electron chi connectivity index (χ3n) is 2.32. The molecule has 0 N–H and O–H groups in total. The fourth-order valence-corrected chi connectivity index (χ4v) is 1.97. The highest BCUT2D eigenvalue weighted by Gasteiger charge is 2.06. The molecule has 0 spiro atoms. The van der Waals surface area contributed by atoms with Gasteiger partial charge in [0.1, 0.15) is 5.75 Å². The van der Waals surface area contributed by atoms with Crippen LogP contribution >= 0.6 is 27.5 Å². The summed E-state index contributed by atoms with van der Waals surface area (Å²) in [6.45, 7) is 0. The first-order chi connectivity index (χ1) is 7.70. The van der Waals surface area contributed by atoms with E-state index >= 15 is 0 Å². The summed E-state index contributed by atoms with van der Waals surface area (Å²) in [6, 6.07) is 13.6. The lowest BCUT2D eigenvalue weighted by Crippen LogP contribution is -1.87. The Hall–Kier alpha value is -0.990. The van der Waals surface area contributed by atoms with Gasteiger partial charge in [0.2, 0.25) is 0 Å². The molecule has 0 amide bonds. The van der Waals surface area contributed by atoms with Crippen LogP contribution in [0.3, 0.4) is 0 Å². The molecule has 82 valence electrons. The van der Waals surface area contributed by atoms with Gasteiger partial charge in [-0.15, -0.1) is 0 Å². The Bertz CT molecular complexity index is 494. The van der Waals surface area contributed by atoms with Gasteiger partial charge in [0, 0.05) is 15.1 Å². The quantitative estimate of drug-likeness (QED) is 0.775. The van der Waals surface area contributed by atoms with Crippen molar-refractivity contribution in [2.24, 2.45) is 0 Å². The monoisotopic (exact) mass is 296 g/mol. The molecule has 0 aliphatic rings. The summed E-state index contributed by atoms with van der Waals surface area (Å²) in [6.07, 6.45) is 0. The van der Waals surface area contributed by atoms with Crippen molar-refractivity contribution in [3.05, 3.63) is 52.0 Å². The number of halogens is 2. The molecule has 0 saturated heterocycles. The van der Waals surface area contributed by atoms with Crippen LogP contribution in [0.4, 0.5) is 0 Å². The van der Waals surface area contributed by atoms with Crippen molar-refractivity contribution in [2.45, 2.75) is 0 Å². The zero-order valence-corrected chi connectivity index (χ0v) is 11.0. The van der Waals surface area contributed by atoms with Gasteiger partial charge in [0.15, 0.2) is 0 Å². The summed E-state index contributed by atoms with van der Waals surface area (Å²) < 4.78 is 6.37. The Morgan fingerprint density at radius 2 is 1.75 bits per heavy atom. The van der Waals surface area contributed by atoms with Gasteiger partial charge in [-0.2, -0.15) is 0 Å². The number of hydrogen-bond donors (Lipinski definition) is 0. The predicted molar refractivity (Wildman–Crippen MR) is 71.1 cm³/mol. The Balaban J connectivity index is 2.53. The van der Waals surface area contributed by atoms with Gasteiger partial charge < -0.3 is 4.74 Å². The van der Waals surface area contributed by atoms with Crippen molar-refractivity contribution in [3.8, 4) is 16.9 Å². The minimum atomic E-state index is 0.707. The van der Waals surface area contributed by atoms with Gasteiger partial charge in [-0.1, -0.05) is 39.7 Å². The summed E-state index contributed by atoms with van der Waals surface area (Å²) in [5.41, 5.74) is 2.09. The molecule has 2 aromatic rings. The SMILES string of the molecule is COc1ccc(Cl)cc1-c1ccc(Br)cc1. The fourth-order valence-electron chi connectivity index (χ4n) is 1.54. The summed E-state index contributed by atoms with van der Waals surface area (Å²) >= 11 is 9.40. The van der Waals surface area contributed by atoms with E-state index < -0.39 is 0 Å². The van der Waals surface area contributed by atoms with E-state index in [1.165, 1.54) is 0 Å². The van der Waals surface area contributed by atoms with Gasteiger partial charge in [0.25, 0.3) is 0 Å². The van der Waals surface area contributed by atoms with Crippen molar-refractivity contribution in [1.29, 1.82) is 0 Å². The second-order valence-electron chi connectivity index (χ2n) is 3.35. The van der Waals surface area contributed by atoms with E-state index in [-0.39, 0.29) is 0 Å². The summed E-state index contributed by atoms with van der Waals surface area (Å²) in [7, 11) is 1.66. The molecule has 16 heavy (non-hydrogen) atoms. The lowest BCUT2D eigenvalue weighted by Gasteiger charge is -2.09. The molecule has 0 radical (unpaired) electrons. The minimum absolute atomic E-state index is 0.707. The van der Waals surface area contributed by atoms with Gasteiger partial charge >= 0.3 is 0 Å². The van der Waals surface area contributed by atoms with Crippen LogP contribution in [0.5, 0.6) is 5.75 Å². The zero-order chi connectivity index (χ0) is 11.5. The van der Waals surface area contributed by atoms with Crippen molar-refractivity contribution < 1.29 is 4.74 Å². The Labute approximate surface area is 108 Å². The van der Waals surface area contributed by atoms with Crippen LogP contribution in [0.2, 0.25) is 5.02 Å². The van der Waals surface area contributed by atoms with Crippen LogP contribution in [0.15, 0.2) is 46.9 Å². The standard InChI is InChI=1S/C13H10BrClO/c1-16-13-7-6-11(15)8-12(13)9-2-4-10(14)5-3-9/h2-8H,1H3. The molecular weight excluding hydrogens is 287 g/mol. The molecule has 0 saturated carbocycles. The number of ether oxygens (including phenoxy) is 1. The molecule has 3 heteroatoms. The lowest BCUT2D eigenvalue weighted by atomic mass is 10.1. The van der Waals surface area contributed by atoms with Crippen molar-refractivity contribution in [1.82, 2.24) is 0 Å². The number of benzene rings is 2. The van der Waals surface area contributed by atoms with Crippen LogP contribution < -0.4 is 4.74 Å². The average molecular weight is 298 g/mol. The summed E-state index contributed by atoms with van der Waals surface area (Å²) in [5.74, 6) is 0.826. The molecule has 2 aromatic carbocycles. The zero-order valence-electron chi connectivity index (χ0n) is 8.71. The van der Waals surface area contributed by atoms with E-state index in [2.05, 4.69) is 15.9 Å². The van der Waals surface area contributed by atoms with Gasteiger partial charge in [-0.05, 0) is 35.9 Å². The van der Waals surface area contributed by atoms with Crippen LogP contribution in [0.25, 0.3) is 11.1 Å². The third kappa shape index (κ3) is 2.39. The Kier molecular flexibility index (Phi) is 3.52. The summed E-state index contributed by atoms with van der Waals surface area (Å²) in [4.78, 5) is 0. The molecule has 0 atom stereocenters. The molecule has 0 fully saturated rings. The molecule has 1 nitrogen and oxygen atoms in total. The normalized spacial score (nSPS) is 10.2. The first kappa shape index (κ1) is 11.5. The molecule has 0 aliphatic carbocycles. The van der Waals surface area contributed by atoms with E-state index in [1.807, 2.05) is 42.5 Å².